The van der Waals surface area contributed by atoms with E-state index in [9.17, 15) is 9.59 Å². The number of halogens is 1. The second-order valence-electron chi connectivity index (χ2n) is 5.25. The lowest BCUT2D eigenvalue weighted by atomic mass is 10.1. The van der Waals surface area contributed by atoms with Gasteiger partial charge in [-0.1, -0.05) is 30.3 Å². The van der Waals surface area contributed by atoms with Crippen molar-refractivity contribution in [3.63, 3.8) is 0 Å². The Kier molecular flexibility index (Phi) is 6.61. The first-order chi connectivity index (χ1) is 11.6. The Hall–Kier alpha value is -2.08. The van der Waals surface area contributed by atoms with E-state index in [2.05, 4.69) is 21.2 Å². The molecule has 0 saturated carbocycles. The SMILES string of the molecule is CCNC(=O)CN(CC)C(=O)COc1ccc2ccccc2c1Br. The van der Waals surface area contributed by atoms with E-state index in [1.54, 1.807) is 0 Å². The molecule has 2 amide bonds. The van der Waals surface area contributed by atoms with Crippen molar-refractivity contribution in [3.8, 4) is 5.75 Å². The summed E-state index contributed by atoms with van der Waals surface area (Å²) in [6, 6.07) is 11.7. The molecule has 0 aromatic heterocycles. The van der Waals surface area contributed by atoms with Crippen LogP contribution < -0.4 is 10.1 Å². The van der Waals surface area contributed by atoms with E-state index in [0.717, 1.165) is 15.2 Å². The molecule has 0 saturated heterocycles. The summed E-state index contributed by atoms with van der Waals surface area (Å²) in [5, 5.41) is 4.80. The molecule has 128 valence electrons. The first-order valence-corrected chi connectivity index (χ1v) is 8.70. The van der Waals surface area contributed by atoms with Crippen LogP contribution in [-0.2, 0) is 9.59 Å². The largest absolute Gasteiger partial charge is 0.483 e. The molecule has 0 aliphatic carbocycles. The van der Waals surface area contributed by atoms with Gasteiger partial charge in [0.25, 0.3) is 5.91 Å². The maximum absolute atomic E-state index is 12.3. The fourth-order valence-corrected chi connectivity index (χ4v) is 2.97. The number of likely N-dealkylation sites (N-methyl/N-ethyl adjacent to an activating group) is 2. The van der Waals surface area contributed by atoms with Crippen molar-refractivity contribution in [2.45, 2.75) is 13.8 Å². The van der Waals surface area contributed by atoms with Gasteiger partial charge in [-0.2, -0.15) is 0 Å². The minimum atomic E-state index is -0.219. The van der Waals surface area contributed by atoms with Crippen LogP contribution in [0.1, 0.15) is 13.8 Å². The second-order valence-corrected chi connectivity index (χ2v) is 6.04. The zero-order valence-corrected chi connectivity index (χ0v) is 15.4. The van der Waals surface area contributed by atoms with E-state index in [0.29, 0.717) is 18.8 Å². The van der Waals surface area contributed by atoms with Gasteiger partial charge in [0.15, 0.2) is 6.61 Å². The minimum Gasteiger partial charge on any atom is -0.483 e. The van der Waals surface area contributed by atoms with Gasteiger partial charge in [-0.05, 0) is 46.6 Å². The topological polar surface area (TPSA) is 58.6 Å². The van der Waals surface area contributed by atoms with Crippen LogP contribution >= 0.6 is 15.9 Å². The summed E-state index contributed by atoms with van der Waals surface area (Å²) in [6.45, 7) is 4.62. The second kappa shape index (κ2) is 8.68. The van der Waals surface area contributed by atoms with Crippen molar-refractivity contribution in [1.29, 1.82) is 0 Å². The van der Waals surface area contributed by atoms with Gasteiger partial charge < -0.3 is 15.0 Å². The molecule has 2 rings (SSSR count). The van der Waals surface area contributed by atoms with Crippen LogP contribution in [-0.4, -0.2) is 43.0 Å². The summed E-state index contributed by atoms with van der Waals surface area (Å²) in [4.78, 5) is 25.4. The minimum absolute atomic E-state index is 0.0470. The lowest BCUT2D eigenvalue weighted by molar-refractivity contribution is -0.137. The van der Waals surface area contributed by atoms with Gasteiger partial charge in [0.05, 0.1) is 11.0 Å². The van der Waals surface area contributed by atoms with Crippen LogP contribution in [0, 0.1) is 0 Å². The number of fused-ring (bicyclic) bond motifs is 1. The van der Waals surface area contributed by atoms with Crippen molar-refractivity contribution >= 4 is 38.5 Å². The Labute approximate surface area is 150 Å². The average molecular weight is 393 g/mol. The third-order valence-corrected chi connectivity index (χ3v) is 4.44. The van der Waals surface area contributed by atoms with Gasteiger partial charge in [-0.3, -0.25) is 9.59 Å². The first kappa shape index (κ1) is 18.3. The van der Waals surface area contributed by atoms with Crippen LogP contribution in [0.2, 0.25) is 0 Å². The number of nitrogens with zero attached hydrogens (tertiary/aromatic N) is 1. The highest BCUT2D eigenvalue weighted by atomic mass is 79.9. The number of carbonyl (C=O) groups excluding carboxylic acids is 2. The summed E-state index contributed by atoms with van der Waals surface area (Å²) in [5.41, 5.74) is 0. The first-order valence-electron chi connectivity index (χ1n) is 7.91. The van der Waals surface area contributed by atoms with Gasteiger partial charge >= 0.3 is 0 Å². The third-order valence-electron chi connectivity index (χ3n) is 3.62. The van der Waals surface area contributed by atoms with Crippen molar-refractivity contribution < 1.29 is 14.3 Å². The number of ether oxygens (including phenoxy) is 1. The molecule has 0 radical (unpaired) electrons. The number of amides is 2. The zero-order valence-electron chi connectivity index (χ0n) is 13.8. The number of nitrogens with one attached hydrogen (secondary N) is 1. The van der Waals surface area contributed by atoms with Crippen molar-refractivity contribution in [2.24, 2.45) is 0 Å². The summed E-state index contributed by atoms with van der Waals surface area (Å²) in [5.74, 6) is 0.222. The molecule has 0 fully saturated rings. The molecule has 0 heterocycles. The number of carbonyl (C=O) groups is 2. The molecule has 0 bridgehead atoms. The Balaban J connectivity index is 2.02. The van der Waals surface area contributed by atoms with E-state index < -0.39 is 0 Å². The monoisotopic (exact) mass is 392 g/mol. The normalized spacial score (nSPS) is 10.5. The molecular formula is C18H21BrN2O3. The lowest BCUT2D eigenvalue weighted by Crippen LogP contribution is -2.42. The molecular weight excluding hydrogens is 372 g/mol. The Morgan fingerprint density at radius 1 is 1.17 bits per heavy atom. The molecule has 5 nitrogen and oxygen atoms in total. The van der Waals surface area contributed by atoms with Crippen LogP contribution in [0.4, 0.5) is 0 Å². The molecule has 0 aliphatic heterocycles. The Morgan fingerprint density at radius 2 is 1.92 bits per heavy atom. The van der Waals surface area contributed by atoms with E-state index in [-0.39, 0.29) is 25.0 Å². The molecule has 24 heavy (non-hydrogen) atoms. The van der Waals surface area contributed by atoms with Gasteiger partial charge in [-0.25, -0.2) is 0 Å². The highest BCUT2D eigenvalue weighted by Gasteiger charge is 2.16. The predicted octanol–water partition coefficient (Wildman–Crippen LogP) is 2.97. The Bertz CT molecular complexity index is 733. The predicted molar refractivity (Wildman–Crippen MR) is 98.1 cm³/mol. The van der Waals surface area contributed by atoms with Gasteiger partial charge in [0.2, 0.25) is 5.91 Å². The molecule has 0 aliphatic rings. The van der Waals surface area contributed by atoms with Crippen molar-refractivity contribution in [3.05, 3.63) is 40.9 Å². The highest BCUT2D eigenvalue weighted by molar-refractivity contribution is 9.10. The average Bonchev–Trinajstić information content (AvgIpc) is 2.59. The molecule has 6 heteroatoms. The molecule has 2 aromatic rings. The number of hydrogen-bond acceptors (Lipinski definition) is 3. The van der Waals surface area contributed by atoms with Crippen LogP contribution in [0.5, 0.6) is 5.75 Å². The molecule has 1 N–H and O–H groups in total. The van der Waals surface area contributed by atoms with E-state index >= 15 is 0 Å². The van der Waals surface area contributed by atoms with E-state index in [1.807, 2.05) is 50.2 Å². The maximum Gasteiger partial charge on any atom is 0.260 e. The summed E-state index contributed by atoms with van der Waals surface area (Å²) in [7, 11) is 0. The Morgan fingerprint density at radius 3 is 2.62 bits per heavy atom. The van der Waals surface area contributed by atoms with Crippen LogP contribution in [0.15, 0.2) is 40.9 Å². The van der Waals surface area contributed by atoms with Crippen LogP contribution in [0.25, 0.3) is 10.8 Å². The fraction of sp³-hybridized carbons (Fsp3) is 0.333. The maximum atomic E-state index is 12.3. The smallest absolute Gasteiger partial charge is 0.260 e. The summed E-state index contributed by atoms with van der Waals surface area (Å²) < 4.78 is 6.48. The lowest BCUT2D eigenvalue weighted by Gasteiger charge is -2.20. The molecule has 2 aromatic carbocycles. The van der Waals surface area contributed by atoms with Gasteiger partial charge in [0, 0.05) is 13.1 Å². The highest BCUT2D eigenvalue weighted by Crippen LogP contribution is 2.32. The fourth-order valence-electron chi connectivity index (χ4n) is 2.36. The quantitative estimate of drug-likeness (QED) is 0.787. The van der Waals surface area contributed by atoms with Crippen molar-refractivity contribution in [1.82, 2.24) is 10.2 Å². The van der Waals surface area contributed by atoms with Crippen molar-refractivity contribution in [2.75, 3.05) is 26.2 Å². The number of hydrogen-bond donors (Lipinski definition) is 1. The molecule has 0 spiro atoms. The molecule has 0 unspecified atom stereocenters. The van der Waals surface area contributed by atoms with Gasteiger partial charge in [-0.15, -0.1) is 0 Å². The molecule has 0 atom stereocenters. The van der Waals surface area contributed by atoms with Crippen LogP contribution in [0.3, 0.4) is 0 Å². The summed E-state index contributed by atoms with van der Waals surface area (Å²) >= 11 is 3.53. The van der Waals surface area contributed by atoms with Gasteiger partial charge in [0.1, 0.15) is 5.75 Å². The van der Waals surface area contributed by atoms with E-state index in [4.69, 9.17) is 4.74 Å². The zero-order chi connectivity index (χ0) is 17.5. The number of benzene rings is 2. The standard InChI is InChI=1S/C18H21BrN2O3/c1-3-20-16(22)11-21(4-2)17(23)12-24-15-10-9-13-7-5-6-8-14(13)18(15)19/h5-10H,3-4,11-12H2,1-2H3,(H,20,22). The number of rotatable bonds is 7. The third kappa shape index (κ3) is 4.47. The summed E-state index contributed by atoms with van der Waals surface area (Å²) in [6.07, 6.45) is 0. The van der Waals surface area contributed by atoms with E-state index in [1.165, 1.54) is 4.90 Å².